The molecule has 0 spiro atoms. The Kier molecular flexibility index (Phi) is 4.40. The standard InChI is InChI=1S/C14H19N3O4/c1-3-6-14(13(19)20)7-4-9-17(14)10-5-8-15-11(16-10)12(18)21-2/h5,8H,3-4,6-7,9H2,1-2H3,(H,19,20). The van der Waals surface area contributed by atoms with Gasteiger partial charge in [-0.15, -0.1) is 0 Å². The second kappa shape index (κ2) is 6.07. The molecule has 1 aromatic rings. The Balaban J connectivity index is 2.39. The van der Waals surface area contributed by atoms with Crippen LogP contribution in [0.25, 0.3) is 0 Å². The van der Waals surface area contributed by atoms with Gasteiger partial charge in [0, 0.05) is 12.7 Å². The average molecular weight is 293 g/mol. The van der Waals surface area contributed by atoms with Crippen LogP contribution >= 0.6 is 0 Å². The Hall–Kier alpha value is -2.18. The van der Waals surface area contributed by atoms with Crippen LogP contribution in [0.2, 0.25) is 0 Å². The summed E-state index contributed by atoms with van der Waals surface area (Å²) in [4.78, 5) is 33.1. The Morgan fingerprint density at radius 1 is 1.52 bits per heavy atom. The van der Waals surface area contributed by atoms with E-state index in [1.807, 2.05) is 6.92 Å². The molecule has 0 bridgehead atoms. The molecule has 7 nitrogen and oxygen atoms in total. The van der Waals surface area contributed by atoms with Crippen LogP contribution in [-0.2, 0) is 9.53 Å². The Morgan fingerprint density at radius 3 is 2.90 bits per heavy atom. The molecule has 2 heterocycles. The van der Waals surface area contributed by atoms with Gasteiger partial charge in [-0.1, -0.05) is 13.3 Å². The van der Waals surface area contributed by atoms with E-state index in [9.17, 15) is 14.7 Å². The molecular formula is C14H19N3O4. The van der Waals surface area contributed by atoms with Crippen LogP contribution < -0.4 is 4.90 Å². The van der Waals surface area contributed by atoms with E-state index < -0.39 is 17.5 Å². The molecule has 0 aromatic carbocycles. The molecule has 2 rings (SSSR count). The molecule has 1 fully saturated rings. The molecule has 1 N–H and O–H groups in total. The smallest absolute Gasteiger partial charge is 0.376 e. The highest BCUT2D eigenvalue weighted by Gasteiger charge is 2.47. The minimum absolute atomic E-state index is 0.0577. The summed E-state index contributed by atoms with van der Waals surface area (Å²) in [6.45, 7) is 2.56. The summed E-state index contributed by atoms with van der Waals surface area (Å²) < 4.78 is 4.60. The van der Waals surface area contributed by atoms with E-state index in [4.69, 9.17) is 0 Å². The van der Waals surface area contributed by atoms with Crippen molar-refractivity contribution in [1.29, 1.82) is 0 Å². The molecular weight excluding hydrogens is 274 g/mol. The molecule has 0 aliphatic carbocycles. The van der Waals surface area contributed by atoms with Crippen molar-refractivity contribution >= 4 is 17.8 Å². The predicted molar refractivity (Wildman–Crippen MR) is 75.2 cm³/mol. The third kappa shape index (κ3) is 2.68. The number of esters is 1. The van der Waals surface area contributed by atoms with Crippen molar-refractivity contribution in [3.63, 3.8) is 0 Å². The maximum Gasteiger partial charge on any atom is 0.376 e. The van der Waals surface area contributed by atoms with Crippen molar-refractivity contribution in [2.45, 2.75) is 38.1 Å². The molecule has 1 aromatic heterocycles. The number of rotatable bonds is 5. The second-order valence-electron chi connectivity index (χ2n) is 5.07. The normalized spacial score (nSPS) is 21.3. The topological polar surface area (TPSA) is 92.6 Å². The molecule has 1 unspecified atom stereocenters. The van der Waals surface area contributed by atoms with Crippen LogP contribution in [0.5, 0.6) is 0 Å². The number of nitrogens with zero attached hydrogens (tertiary/aromatic N) is 3. The lowest BCUT2D eigenvalue weighted by atomic mass is 9.90. The maximum atomic E-state index is 11.8. The number of aromatic nitrogens is 2. The Labute approximate surface area is 123 Å². The molecule has 21 heavy (non-hydrogen) atoms. The highest BCUT2D eigenvalue weighted by atomic mass is 16.5. The number of carbonyl (C=O) groups excluding carboxylic acids is 1. The quantitative estimate of drug-likeness (QED) is 0.822. The van der Waals surface area contributed by atoms with Crippen molar-refractivity contribution in [1.82, 2.24) is 9.97 Å². The number of hydrogen-bond donors (Lipinski definition) is 1. The highest BCUT2D eigenvalue weighted by molar-refractivity contribution is 5.86. The molecule has 0 amide bonds. The number of anilines is 1. The van der Waals surface area contributed by atoms with E-state index in [0.717, 1.165) is 12.8 Å². The number of carboxylic acid groups (broad SMARTS) is 1. The maximum absolute atomic E-state index is 11.8. The summed E-state index contributed by atoms with van der Waals surface area (Å²) in [6, 6.07) is 1.63. The van der Waals surface area contributed by atoms with Crippen molar-refractivity contribution < 1.29 is 19.4 Å². The van der Waals surface area contributed by atoms with Gasteiger partial charge in [0.05, 0.1) is 7.11 Å². The lowest BCUT2D eigenvalue weighted by Crippen LogP contribution is -2.51. The number of methoxy groups -OCH3 is 1. The van der Waals surface area contributed by atoms with Crippen LogP contribution in [0, 0.1) is 0 Å². The third-order valence-corrected chi connectivity index (χ3v) is 3.84. The van der Waals surface area contributed by atoms with Gasteiger partial charge in [-0.3, -0.25) is 0 Å². The van der Waals surface area contributed by atoms with Gasteiger partial charge in [0.25, 0.3) is 0 Å². The van der Waals surface area contributed by atoms with Crippen molar-refractivity contribution in [2.24, 2.45) is 0 Å². The third-order valence-electron chi connectivity index (χ3n) is 3.84. The summed E-state index contributed by atoms with van der Waals surface area (Å²) in [5, 5.41) is 9.67. The van der Waals surface area contributed by atoms with E-state index in [1.165, 1.54) is 13.3 Å². The SMILES string of the molecule is CCCC1(C(=O)O)CCCN1c1ccnc(C(=O)OC)n1. The van der Waals surface area contributed by atoms with Crippen molar-refractivity contribution in [2.75, 3.05) is 18.6 Å². The van der Waals surface area contributed by atoms with Gasteiger partial charge < -0.3 is 14.7 Å². The number of hydrogen-bond acceptors (Lipinski definition) is 6. The number of ether oxygens (including phenoxy) is 1. The monoisotopic (exact) mass is 293 g/mol. The minimum Gasteiger partial charge on any atom is -0.479 e. The van der Waals surface area contributed by atoms with Crippen LogP contribution in [0.3, 0.4) is 0 Å². The average Bonchev–Trinajstić information content (AvgIpc) is 2.92. The van der Waals surface area contributed by atoms with Gasteiger partial charge in [0.15, 0.2) is 0 Å². The van der Waals surface area contributed by atoms with Crippen LogP contribution in [-0.4, -0.2) is 46.2 Å². The van der Waals surface area contributed by atoms with Crippen LogP contribution in [0.4, 0.5) is 5.82 Å². The summed E-state index contributed by atoms with van der Waals surface area (Å²) in [5.41, 5.74) is -0.948. The lowest BCUT2D eigenvalue weighted by molar-refractivity contribution is -0.143. The first-order valence-electron chi connectivity index (χ1n) is 6.97. The molecule has 0 saturated carbocycles. The molecule has 0 radical (unpaired) electrons. The van der Waals surface area contributed by atoms with Gasteiger partial charge in [-0.2, -0.15) is 0 Å². The predicted octanol–water partition coefficient (Wildman–Crippen LogP) is 1.49. The molecule has 1 aliphatic heterocycles. The lowest BCUT2D eigenvalue weighted by Gasteiger charge is -2.35. The zero-order valence-corrected chi connectivity index (χ0v) is 12.2. The zero-order chi connectivity index (χ0) is 15.5. The van der Waals surface area contributed by atoms with Crippen molar-refractivity contribution in [3.05, 3.63) is 18.1 Å². The fourth-order valence-corrected chi connectivity index (χ4v) is 2.90. The van der Waals surface area contributed by atoms with Crippen molar-refractivity contribution in [3.8, 4) is 0 Å². The van der Waals surface area contributed by atoms with Gasteiger partial charge in [0.1, 0.15) is 11.4 Å². The first-order chi connectivity index (χ1) is 10.0. The number of carboxylic acids is 1. The summed E-state index contributed by atoms with van der Waals surface area (Å²) in [5.74, 6) is -1.08. The van der Waals surface area contributed by atoms with Crippen LogP contribution in [0.15, 0.2) is 12.3 Å². The first-order valence-corrected chi connectivity index (χ1v) is 6.97. The molecule has 1 aliphatic rings. The molecule has 7 heteroatoms. The number of aliphatic carboxylic acids is 1. The molecule has 114 valence electrons. The van der Waals surface area contributed by atoms with Gasteiger partial charge in [-0.25, -0.2) is 19.6 Å². The first kappa shape index (κ1) is 15.2. The second-order valence-corrected chi connectivity index (χ2v) is 5.07. The van der Waals surface area contributed by atoms with E-state index in [2.05, 4.69) is 14.7 Å². The Morgan fingerprint density at radius 2 is 2.29 bits per heavy atom. The van der Waals surface area contributed by atoms with E-state index in [1.54, 1.807) is 11.0 Å². The summed E-state index contributed by atoms with van der Waals surface area (Å²) in [7, 11) is 1.26. The molecule has 1 atom stereocenters. The number of carbonyl (C=O) groups is 2. The fourth-order valence-electron chi connectivity index (χ4n) is 2.90. The van der Waals surface area contributed by atoms with Gasteiger partial charge >= 0.3 is 11.9 Å². The minimum atomic E-state index is -0.948. The highest BCUT2D eigenvalue weighted by Crippen LogP contribution is 2.37. The van der Waals surface area contributed by atoms with E-state index >= 15 is 0 Å². The molecule has 1 saturated heterocycles. The van der Waals surface area contributed by atoms with E-state index in [-0.39, 0.29) is 5.82 Å². The summed E-state index contributed by atoms with van der Waals surface area (Å²) in [6.07, 6.45) is 4.11. The largest absolute Gasteiger partial charge is 0.479 e. The van der Waals surface area contributed by atoms with Gasteiger partial charge in [-0.05, 0) is 25.3 Å². The van der Waals surface area contributed by atoms with Crippen LogP contribution in [0.1, 0.15) is 43.2 Å². The van der Waals surface area contributed by atoms with Gasteiger partial charge in [0.2, 0.25) is 5.82 Å². The Bertz CT molecular complexity index is 549. The zero-order valence-electron chi connectivity index (χ0n) is 12.2. The van der Waals surface area contributed by atoms with E-state index in [0.29, 0.717) is 25.2 Å². The summed E-state index contributed by atoms with van der Waals surface area (Å²) >= 11 is 0. The fraction of sp³-hybridized carbons (Fsp3) is 0.571.